The number of rotatable bonds is 12. The van der Waals surface area contributed by atoms with Gasteiger partial charge in [-0.1, -0.05) is 44.6 Å². The Morgan fingerprint density at radius 3 is 2.27 bits per heavy atom. The van der Waals surface area contributed by atoms with Crippen molar-refractivity contribution in [3.05, 3.63) is 23.8 Å². The van der Waals surface area contributed by atoms with Gasteiger partial charge in [-0.25, -0.2) is 0 Å². The molecule has 63 heavy (non-hydrogen) atoms. The average molecular weight is 901 g/mol. The number of aliphatic hydroxyl groups is 10. The molecule has 0 aromatic heterocycles. The Hall–Kier alpha value is -1.24. The van der Waals surface area contributed by atoms with Crippen molar-refractivity contribution in [1.29, 1.82) is 0 Å². The van der Waals surface area contributed by atoms with Crippen molar-refractivity contribution in [2.45, 2.75) is 189 Å². The Kier molecular flexibility index (Phi) is 14.0. The normalized spacial score (nSPS) is 54.4. The van der Waals surface area contributed by atoms with E-state index in [2.05, 4.69) is 33.4 Å². The molecule has 3 saturated carbocycles. The number of fused-ring (bicyclic) bond motifs is 7. The molecular formula is C45H72O18. The first-order valence-corrected chi connectivity index (χ1v) is 23.0. The Morgan fingerprint density at radius 2 is 1.56 bits per heavy atom. The Balaban J connectivity index is 0.948. The van der Waals surface area contributed by atoms with E-state index in [1.807, 2.05) is 0 Å². The molecule has 0 amide bonds. The molecule has 360 valence electrons. The molecule has 10 N–H and O–H groups in total. The fraction of sp³-hybridized carbons (Fsp3) is 0.911. The zero-order valence-electron chi connectivity index (χ0n) is 37.0. The zero-order valence-corrected chi connectivity index (χ0v) is 37.0. The summed E-state index contributed by atoms with van der Waals surface area (Å²) in [6.07, 6.45) is -12.8. The maximum absolute atomic E-state index is 11.2. The highest BCUT2D eigenvalue weighted by Crippen LogP contribution is 2.70. The molecule has 0 radical (unpaired) electrons. The first-order valence-electron chi connectivity index (χ1n) is 23.0. The Labute approximate surface area is 368 Å². The second kappa shape index (κ2) is 18.3. The lowest BCUT2D eigenvalue weighted by atomic mass is 9.46. The van der Waals surface area contributed by atoms with Crippen molar-refractivity contribution < 1.29 is 89.0 Å². The van der Waals surface area contributed by atoms with E-state index in [-0.39, 0.29) is 48.4 Å². The molecule has 0 spiro atoms. The maximum atomic E-state index is 11.2. The fourth-order valence-corrected chi connectivity index (χ4v) is 13.5. The lowest BCUT2D eigenvalue weighted by Gasteiger charge is -2.60. The summed E-state index contributed by atoms with van der Waals surface area (Å²) < 4.78 is 49.1. The van der Waals surface area contributed by atoms with Crippen molar-refractivity contribution in [3.63, 3.8) is 0 Å². The summed E-state index contributed by atoms with van der Waals surface area (Å²) in [6, 6.07) is 0. The molecule has 0 aromatic carbocycles. The van der Waals surface area contributed by atoms with Crippen LogP contribution in [0, 0.1) is 40.4 Å². The van der Waals surface area contributed by atoms with E-state index >= 15 is 0 Å². The lowest BCUT2D eigenvalue weighted by Crippen LogP contribution is -2.63. The van der Waals surface area contributed by atoms with Gasteiger partial charge in [-0.3, -0.25) is 0 Å². The summed E-state index contributed by atoms with van der Waals surface area (Å²) >= 11 is 0. The van der Waals surface area contributed by atoms with E-state index in [0.29, 0.717) is 37.2 Å². The average Bonchev–Trinajstić information content (AvgIpc) is 3.72. The smallest absolute Gasteiger partial charge is 0.187 e. The topological polar surface area (TPSA) is 276 Å². The van der Waals surface area contributed by atoms with E-state index in [9.17, 15) is 51.1 Å². The summed E-state index contributed by atoms with van der Waals surface area (Å²) in [5.41, 5.74) is 1.23. The molecule has 18 nitrogen and oxygen atoms in total. The highest BCUT2D eigenvalue weighted by molar-refractivity contribution is 5.29. The number of hydrogen-bond acceptors (Lipinski definition) is 18. The van der Waals surface area contributed by atoms with Gasteiger partial charge in [0.2, 0.25) is 0 Å². The van der Waals surface area contributed by atoms with Gasteiger partial charge in [0.05, 0.1) is 44.2 Å². The molecule has 4 aliphatic heterocycles. The van der Waals surface area contributed by atoms with Crippen LogP contribution in [0.1, 0.15) is 79.1 Å². The number of allylic oxidation sites excluding steroid dienone is 1. The first-order chi connectivity index (χ1) is 29.8. The van der Waals surface area contributed by atoms with Crippen LogP contribution in [0.5, 0.6) is 0 Å². The van der Waals surface area contributed by atoms with Gasteiger partial charge >= 0.3 is 0 Å². The number of aliphatic hydroxyl groups excluding tert-OH is 10. The van der Waals surface area contributed by atoms with Crippen LogP contribution < -0.4 is 0 Å². The van der Waals surface area contributed by atoms with Gasteiger partial charge in [-0.15, -0.1) is 0 Å². The molecule has 0 aromatic rings. The molecule has 4 heterocycles. The fourth-order valence-electron chi connectivity index (χ4n) is 13.5. The molecule has 4 saturated heterocycles. The molecule has 4 aliphatic carbocycles. The third-order valence-corrected chi connectivity index (χ3v) is 17.1. The van der Waals surface area contributed by atoms with Gasteiger partial charge in [0, 0.05) is 31.3 Å². The lowest BCUT2D eigenvalue weighted by molar-refractivity contribution is -0.362. The van der Waals surface area contributed by atoms with Crippen molar-refractivity contribution in [2.75, 3.05) is 26.9 Å². The SMILES string of the molecule is C=C(CCC1(OC)OC2CC3C4CC=C5CC(O)CC(OC6OCC(O)C(O)C6OC6OC(C)C(O)C(O)C6O)C5(C)C4CCC3(C)C2C1C)COC1OC(CO)C(O)C(O)C1O. The standard InChI is InChI=1S/C45H72O18/c1-19(17-57-40-37(54)36(53)34(51)29(16-46)60-40)9-12-45(56-6)20(2)31-28(63-45)15-26-24-8-7-22-13-23(47)14-30(44(22,5)25(24)10-11-43(26,31)4)61-42-39(33(50)27(48)18-58-42)62-41-38(55)35(52)32(49)21(3)59-41/h7,20-21,23-42,46-55H,1,8-18H2,2-6H3. The van der Waals surface area contributed by atoms with Gasteiger partial charge in [0.1, 0.15) is 61.0 Å². The third-order valence-electron chi connectivity index (χ3n) is 17.1. The minimum Gasteiger partial charge on any atom is -0.394 e. The highest BCUT2D eigenvalue weighted by atomic mass is 16.8. The molecule has 18 heteroatoms. The van der Waals surface area contributed by atoms with Crippen LogP contribution in [0.3, 0.4) is 0 Å². The molecule has 8 rings (SSSR count). The minimum absolute atomic E-state index is 0.0121. The van der Waals surface area contributed by atoms with E-state index in [0.717, 1.165) is 31.3 Å². The Bertz CT molecular complexity index is 1650. The summed E-state index contributed by atoms with van der Waals surface area (Å²) in [6.45, 7) is 11.8. The largest absolute Gasteiger partial charge is 0.394 e. The molecule has 8 aliphatic rings. The van der Waals surface area contributed by atoms with Crippen LogP contribution in [-0.4, -0.2) is 188 Å². The maximum Gasteiger partial charge on any atom is 0.187 e. The molecule has 7 fully saturated rings. The van der Waals surface area contributed by atoms with Gasteiger partial charge in [-0.2, -0.15) is 0 Å². The van der Waals surface area contributed by atoms with Crippen LogP contribution in [0.4, 0.5) is 0 Å². The van der Waals surface area contributed by atoms with E-state index < -0.39 is 116 Å². The van der Waals surface area contributed by atoms with Crippen molar-refractivity contribution in [3.8, 4) is 0 Å². The van der Waals surface area contributed by atoms with E-state index in [1.165, 1.54) is 6.92 Å². The van der Waals surface area contributed by atoms with Crippen molar-refractivity contribution >= 4 is 0 Å². The van der Waals surface area contributed by atoms with Crippen LogP contribution in [-0.2, 0) is 37.9 Å². The first kappa shape index (κ1) is 48.2. The van der Waals surface area contributed by atoms with Crippen LogP contribution in [0.2, 0.25) is 0 Å². The van der Waals surface area contributed by atoms with Gasteiger partial charge in [0.25, 0.3) is 0 Å². The van der Waals surface area contributed by atoms with Crippen LogP contribution in [0.15, 0.2) is 23.8 Å². The van der Waals surface area contributed by atoms with E-state index in [1.54, 1.807) is 7.11 Å². The molecule has 0 bridgehead atoms. The predicted octanol–water partition coefficient (Wildman–Crippen LogP) is -0.647. The summed E-state index contributed by atoms with van der Waals surface area (Å²) in [5.74, 6) is 0.151. The number of methoxy groups -OCH3 is 1. The minimum atomic E-state index is -1.65. The molecule has 25 unspecified atom stereocenters. The second-order valence-electron chi connectivity index (χ2n) is 20.4. The number of hydrogen-bond donors (Lipinski definition) is 10. The second-order valence-corrected chi connectivity index (χ2v) is 20.4. The highest BCUT2D eigenvalue weighted by Gasteiger charge is 2.69. The third kappa shape index (κ3) is 8.22. The Morgan fingerprint density at radius 1 is 0.841 bits per heavy atom. The summed E-state index contributed by atoms with van der Waals surface area (Å²) in [4.78, 5) is 0. The van der Waals surface area contributed by atoms with E-state index in [4.69, 9.17) is 37.9 Å². The summed E-state index contributed by atoms with van der Waals surface area (Å²) in [7, 11) is 1.68. The van der Waals surface area contributed by atoms with Crippen molar-refractivity contribution in [2.24, 2.45) is 40.4 Å². The quantitative estimate of drug-likeness (QED) is 0.109. The molecular weight excluding hydrogens is 828 g/mol. The van der Waals surface area contributed by atoms with Crippen LogP contribution >= 0.6 is 0 Å². The number of ether oxygens (including phenoxy) is 8. The van der Waals surface area contributed by atoms with Gasteiger partial charge in [-0.05, 0) is 74.5 Å². The van der Waals surface area contributed by atoms with Crippen LogP contribution in [0.25, 0.3) is 0 Å². The summed E-state index contributed by atoms with van der Waals surface area (Å²) in [5, 5.41) is 105. The van der Waals surface area contributed by atoms with Crippen molar-refractivity contribution in [1.82, 2.24) is 0 Å². The molecule has 25 atom stereocenters. The van der Waals surface area contributed by atoms with Gasteiger partial charge < -0.3 is 89.0 Å². The zero-order chi connectivity index (χ0) is 45.5. The predicted molar refractivity (Wildman–Crippen MR) is 218 cm³/mol. The monoisotopic (exact) mass is 900 g/mol. The van der Waals surface area contributed by atoms with Gasteiger partial charge in [0.15, 0.2) is 24.7 Å².